The number of nitrogens with one attached hydrogen (secondary N) is 1. The highest BCUT2D eigenvalue weighted by Crippen LogP contribution is 2.24. The quantitative estimate of drug-likeness (QED) is 0.641. The minimum Gasteiger partial charge on any atom is -0.369 e. The molecule has 0 unspecified atom stereocenters. The fourth-order valence-corrected chi connectivity index (χ4v) is 3.69. The Hall–Kier alpha value is -2.33. The van der Waals surface area contributed by atoms with Gasteiger partial charge in [0.2, 0.25) is 0 Å². The van der Waals surface area contributed by atoms with E-state index in [1.165, 1.54) is 0 Å². The molecule has 0 radical (unpaired) electrons. The third-order valence-corrected chi connectivity index (χ3v) is 5.43. The Labute approximate surface area is 142 Å². The van der Waals surface area contributed by atoms with Gasteiger partial charge in [-0.25, -0.2) is 8.42 Å². The Morgan fingerprint density at radius 3 is 2.62 bits per heavy atom. The van der Waals surface area contributed by atoms with E-state index in [1.54, 1.807) is 6.08 Å². The van der Waals surface area contributed by atoms with E-state index in [0.717, 1.165) is 17.7 Å². The van der Waals surface area contributed by atoms with Crippen LogP contribution in [-0.2, 0) is 14.6 Å². The molecule has 0 atom stereocenters. The van der Waals surface area contributed by atoms with E-state index < -0.39 is 15.7 Å². The molecule has 1 aromatic carbocycles. The van der Waals surface area contributed by atoms with Crippen LogP contribution in [0, 0.1) is 11.3 Å². The van der Waals surface area contributed by atoms with Crippen molar-refractivity contribution in [1.29, 1.82) is 5.26 Å². The molecule has 0 saturated carbocycles. The van der Waals surface area contributed by atoms with Crippen LogP contribution in [-0.4, -0.2) is 45.5 Å². The fraction of sp³-hybridized carbons (Fsp3) is 0.412. The second kappa shape index (κ2) is 7.97. The van der Waals surface area contributed by atoms with Crippen LogP contribution in [0.25, 0.3) is 6.08 Å². The molecular formula is C17H21N3O3S. The van der Waals surface area contributed by atoms with Gasteiger partial charge in [0.1, 0.15) is 11.6 Å². The minimum atomic E-state index is -2.96. The predicted octanol–water partition coefficient (Wildman–Crippen LogP) is 1.35. The van der Waals surface area contributed by atoms with Crippen molar-refractivity contribution in [2.45, 2.75) is 13.3 Å². The highest BCUT2D eigenvalue weighted by molar-refractivity contribution is 7.91. The number of sulfone groups is 1. The molecule has 0 spiro atoms. The number of carbonyl (C=O) groups is 1. The minimum absolute atomic E-state index is 0.0422. The fourth-order valence-electron chi connectivity index (χ4n) is 2.49. The standard InChI is InChI=1S/C17H21N3O3S/c1-2-7-19-17(21)15(13-18)12-14-5-3-4-6-16(14)20-8-10-24(22,23)11-9-20/h3-6,12H,2,7-11H2,1H3,(H,19,21)/b15-12+. The number of anilines is 1. The topological polar surface area (TPSA) is 90.3 Å². The first-order valence-corrected chi connectivity index (χ1v) is 9.73. The van der Waals surface area contributed by atoms with Gasteiger partial charge < -0.3 is 10.2 Å². The average molecular weight is 347 g/mol. The van der Waals surface area contributed by atoms with Crippen molar-refractivity contribution in [3.05, 3.63) is 35.4 Å². The van der Waals surface area contributed by atoms with E-state index in [2.05, 4.69) is 5.32 Å². The van der Waals surface area contributed by atoms with Gasteiger partial charge in [0, 0.05) is 25.3 Å². The van der Waals surface area contributed by atoms with Crippen molar-refractivity contribution >= 4 is 27.5 Å². The summed E-state index contributed by atoms with van der Waals surface area (Å²) in [5, 5.41) is 11.9. The molecule has 0 aliphatic carbocycles. The molecule has 0 aromatic heterocycles. The number of carbonyl (C=O) groups excluding carboxylic acids is 1. The normalized spacial score (nSPS) is 17.2. The summed E-state index contributed by atoms with van der Waals surface area (Å²) in [5.41, 5.74) is 1.61. The van der Waals surface area contributed by atoms with Crippen LogP contribution in [0.5, 0.6) is 0 Å². The van der Waals surface area contributed by atoms with E-state index in [0.29, 0.717) is 19.6 Å². The lowest BCUT2D eigenvalue weighted by molar-refractivity contribution is -0.117. The first kappa shape index (κ1) is 18.0. The van der Waals surface area contributed by atoms with Gasteiger partial charge in [-0.3, -0.25) is 4.79 Å². The van der Waals surface area contributed by atoms with Crippen LogP contribution < -0.4 is 10.2 Å². The first-order chi connectivity index (χ1) is 11.5. The molecule has 24 heavy (non-hydrogen) atoms. The highest BCUT2D eigenvalue weighted by atomic mass is 32.2. The van der Waals surface area contributed by atoms with Gasteiger partial charge in [-0.2, -0.15) is 5.26 Å². The van der Waals surface area contributed by atoms with Crippen molar-refractivity contribution in [3.8, 4) is 6.07 Å². The van der Waals surface area contributed by atoms with Gasteiger partial charge in [-0.15, -0.1) is 0 Å². The van der Waals surface area contributed by atoms with E-state index in [4.69, 9.17) is 0 Å². The zero-order valence-electron chi connectivity index (χ0n) is 13.7. The second-order valence-electron chi connectivity index (χ2n) is 5.62. The Morgan fingerprint density at radius 1 is 1.33 bits per heavy atom. The second-order valence-corrected chi connectivity index (χ2v) is 7.93. The SMILES string of the molecule is CCCNC(=O)/C(C#N)=C/c1ccccc1N1CCS(=O)(=O)CC1. The van der Waals surface area contributed by atoms with Crippen molar-refractivity contribution in [3.63, 3.8) is 0 Å². The molecule has 7 heteroatoms. The molecule has 1 heterocycles. The van der Waals surface area contributed by atoms with Crippen LogP contribution in [0.2, 0.25) is 0 Å². The molecule has 1 saturated heterocycles. The molecule has 1 amide bonds. The molecule has 0 bridgehead atoms. The Bertz CT molecular complexity index is 765. The highest BCUT2D eigenvalue weighted by Gasteiger charge is 2.23. The number of nitriles is 1. The molecule has 128 valence electrons. The van der Waals surface area contributed by atoms with E-state index in [-0.39, 0.29) is 17.1 Å². The van der Waals surface area contributed by atoms with Gasteiger partial charge in [-0.05, 0) is 24.1 Å². The van der Waals surface area contributed by atoms with Gasteiger partial charge >= 0.3 is 0 Å². The monoisotopic (exact) mass is 347 g/mol. The first-order valence-electron chi connectivity index (χ1n) is 7.91. The van der Waals surface area contributed by atoms with Crippen molar-refractivity contribution in [2.75, 3.05) is 36.0 Å². The number of hydrogen-bond acceptors (Lipinski definition) is 5. The maximum absolute atomic E-state index is 12.0. The molecule has 1 aliphatic rings. The molecule has 1 N–H and O–H groups in total. The van der Waals surface area contributed by atoms with E-state index in [9.17, 15) is 18.5 Å². The van der Waals surface area contributed by atoms with Crippen LogP contribution in [0.1, 0.15) is 18.9 Å². The van der Waals surface area contributed by atoms with Gasteiger partial charge in [0.05, 0.1) is 11.5 Å². The van der Waals surface area contributed by atoms with Crippen LogP contribution in [0.4, 0.5) is 5.69 Å². The third kappa shape index (κ3) is 4.59. The van der Waals surface area contributed by atoms with Gasteiger partial charge in [-0.1, -0.05) is 25.1 Å². The Kier molecular flexibility index (Phi) is 5.99. The molecule has 1 fully saturated rings. The Balaban J connectivity index is 2.27. The van der Waals surface area contributed by atoms with E-state index >= 15 is 0 Å². The number of nitrogens with zero attached hydrogens (tertiary/aromatic N) is 2. The molecule has 1 aromatic rings. The molecule has 6 nitrogen and oxygen atoms in total. The zero-order valence-corrected chi connectivity index (χ0v) is 14.5. The van der Waals surface area contributed by atoms with E-state index in [1.807, 2.05) is 42.2 Å². The van der Waals surface area contributed by atoms with Crippen LogP contribution in [0.15, 0.2) is 29.8 Å². The lowest BCUT2D eigenvalue weighted by Crippen LogP contribution is -2.40. The van der Waals surface area contributed by atoms with Crippen LogP contribution in [0.3, 0.4) is 0 Å². The maximum atomic E-state index is 12.0. The van der Waals surface area contributed by atoms with Crippen molar-refractivity contribution in [2.24, 2.45) is 0 Å². The lowest BCUT2D eigenvalue weighted by atomic mass is 10.1. The summed E-state index contributed by atoms with van der Waals surface area (Å²) in [4.78, 5) is 14.0. The number of amides is 1. The molecule has 2 rings (SSSR count). The summed E-state index contributed by atoms with van der Waals surface area (Å²) in [7, 11) is -2.96. The summed E-state index contributed by atoms with van der Waals surface area (Å²) >= 11 is 0. The summed E-state index contributed by atoms with van der Waals surface area (Å²) in [5.74, 6) is -0.157. The molecular weight excluding hydrogens is 326 g/mol. The third-order valence-electron chi connectivity index (χ3n) is 3.82. The van der Waals surface area contributed by atoms with Crippen molar-refractivity contribution < 1.29 is 13.2 Å². The summed E-state index contributed by atoms with van der Waals surface area (Å²) in [6, 6.07) is 9.33. The number of hydrogen-bond donors (Lipinski definition) is 1. The summed E-state index contributed by atoms with van der Waals surface area (Å²) < 4.78 is 23.2. The number of para-hydroxylation sites is 1. The van der Waals surface area contributed by atoms with Gasteiger partial charge in [0.15, 0.2) is 9.84 Å². The lowest BCUT2D eigenvalue weighted by Gasteiger charge is -2.30. The predicted molar refractivity (Wildman–Crippen MR) is 94.2 cm³/mol. The maximum Gasteiger partial charge on any atom is 0.261 e. The van der Waals surface area contributed by atoms with Crippen LogP contribution >= 0.6 is 0 Å². The largest absolute Gasteiger partial charge is 0.369 e. The number of rotatable bonds is 5. The molecule has 1 aliphatic heterocycles. The van der Waals surface area contributed by atoms with Crippen molar-refractivity contribution in [1.82, 2.24) is 5.32 Å². The zero-order chi connectivity index (χ0) is 17.6. The number of benzene rings is 1. The summed E-state index contributed by atoms with van der Waals surface area (Å²) in [6.07, 6.45) is 2.35. The van der Waals surface area contributed by atoms with Gasteiger partial charge in [0.25, 0.3) is 5.91 Å². The average Bonchev–Trinajstić information content (AvgIpc) is 2.58. The smallest absolute Gasteiger partial charge is 0.261 e. The summed E-state index contributed by atoms with van der Waals surface area (Å²) in [6.45, 7) is 3.29. The Morgan fingerprint density at radius 2 is 2.00 bits per heavy atom.